The molecule has 0 aliphatic heterocycles. The smallest absolute Gasteiger partial charge is 0.0971 e. The molecule has 0 N–H and O–H groups in total. The molecular formula is C53H34N4. The summed E-state index contributed by atoms with van der Waals surface area (Å²) in [4.78, 5) is 5.37. The van der Waals surface area contributed by atoms with E-state index in [-0.39, 0.29) is 0 Å². The van der Waals surface area contributed by atoms with Crippen molar-refractivity contribution in [1.29, 1.82) is 0 Å². The van der Waals surface area contributed by atoms with Crippen molar-refractivity contribution in [2.24, 2.45) is 0 Å². The molecule has 0 aliphatic carbocycles. The van der Waals surface area contributed by atoms with Crippen molar-refractivity contribution in [3.63, 3.8) is 0 Å². The van der Waals surface area contributed by atoms with Crippen molar-refractivity contribution in [3.8, 4) is 39.4 Å². The second-order valence-electron chi connectivity index (χ2n) is 14.8. The number of hydrogen-bond donors (Lipinski definition) is 0. The minimum atomic E-state index is 0.962. The van der Waals surface area contributed by atoms with Gasteiger partial charge in [0.15, 0.2) is 0 Å². The Bertz CT molecular complexity index is 3450. The van der Waals surface area contributed by atoms with E-state index in [0.717, 1.165) is 61.3 Å². The van der Waals surface area contributed by atoms with Crippen LogP contribution in [-0.2, 0) is 0 Å². The molecule has 0 radical (unpaired) electrons. The Labute approximate surface area is 328 Å². The Kier molecular flexibility index (Phi) is 6.89. The second kappa shape index (κ2) is 12.4. The molecule has 4 aromatic heterocycles. The Balaban J connectivity index is 1.14. The second-order valence-corrected chi connectivity index (χ2v) is 14.8. The van der Waals surface area contributed by atoms with Gasteiger partial charge in [-0.3, -0.25) is 0 Å². The lowest BCUT2D eigenvalue weighted by Crippen LogP contribution is -1.96. The Hall–Kier alpha value is -7.69. The van der Waals surface area contributed by atoms with Crippen molar-refractivity contribution in [2.45, 2.75) is 0 Å². The molecule has 0 bridgehead atoms. The molecule has 12 aromatic rings. The molecule has 266 valence electrons. The van der Waals surface area contributed by atoms with Gasteiger partial charge in [0.05, 0.1) is 44.3 Å². The minimum Gasteiger partial charge on any atom is -0.309 e. The van der Waals surface area contributed by atoms with Gasteiger partial charge in [0.1, 0.15) is 0 Å². The van der Waals surface area contributed by atoms with Crippen LogP contribution in [0.25, 0.3) is 105 Å². The van der Waals surface area contributed by atoms with E-state index in [2.05, 4.69) is 220 Å². The lowest BCUT2D eigenvalue weighted by atomic mass is 10.0. The molecule has 4 heteroatoms. The Morgan fingerprint density at radius 1 is 0.263 bits per heavy atom. The van der Waals surface area contributed by atoms with Gasteiger partial charge in [-0.15, -0.1) is 0 Å². The number of benzene rings is 8. The van der Waals surface area contributed by atoms with Gasteiger partial charge in [-0.2, -0.15) is 0 Å². The molecule has 0 saturated carbocycles. The van der Waals surface area contributed by atoms with E-state index in [1.165, 1.54) is 43.7 Å². The van der Waals surface area contributed by atoms with Crippen LogP contribution in [0, 0.1) is 0 Å². The first kappa shape index (κ1) is 31.6. The molecule has 4 heterocycles. The summed E-state index contributed by atoms with van der Waals surface area (Å²) in [6, 6.07) is 74.3. The highest BCUT2D eigenvalue weighted by Gasteiger charge is 2.20. The predicted octanol–water partition coefficient (Wildman–Crippen LogP) is 13.7. The fourth-order valence-corrected chi connectivity index (χ4v) is 9.07. The molecule has 4 nitrogen and oxygen atoms in total. The van der Waals surface area contributed by atoms with Gasteiger partial charge in [-0.05, 0) is 96.1 Å². The molecule has 0 atom stereocenters. The number of nitrogens with zero attached hydrogens (tertiary/aromatic N) is 4. The summed E-state index contributed by atoms with van der Waals surface area (Å²) < 4.78 is 7.18. The maximum atomic E-state index is 5.37. The van der Waals surface area contributed by atoms with Crippen LogP contribution in [0.3, 0.4) is 0 Å². The number of hydrogen-bond acceptors (Lipinski definition) is 1. The Morgan fingerprint density at radius 2 is 0.719 bits per heavy atom. The third-order valence-corrected chi connectivity index (χ3v) is 11.6. The van der Waals surface area contributed by atoms with Crippen LogP contribution in [0.15, 0.2) is 206 Å². The van der Waals surface area contributed by atoms with Crippen molar-refractivity contribution in [2.75, 3.05) is 0 Å². The van der Waals surface area contributed by atoms with Crippen LogP contribution >= 0.6 is 0 Å². The van der Waals surface area contributed by atoms with Gasteiger partial charge >= 0.3 is 0 Å². The maximum Gasteiger partial charge on any atom is 0.0971 e. The van der Waals surface area contributed by atoms with Crippen molar-refractivity contribution in [1.82, 2.24) is 18.7 Å². The third kappa shape index (κ3) is 4.84. The number of pyridine rings is 1. The van der Waals surface area contributed by atoms with Gasteiger partial charge in [0, 0.05) is 49.6 Å². The van der Waals surface area contributed by atoms with E-state index >= 15 is 0 Å². The van der Waals surface area contributed by atoms with Crippen molar-refractivity contribution >= 4 is 65.5 Å². The summed E-state index contributed by atoms with van der Waals surface area (Å²) in [7, 11) is 0. The lowest BCUT2D eigenvalue weighted by Gasteiger charge is -2.11. The van der Waals surface area contributed by atoms with E-state index in [0.29, 0.717) is 0 Å². The summed E-state index contributed by atoms with van der Waals surface area (Å²) in [6.07, 6.45) is 0. The number of para-hydroxylation sites is 3. The van der Waals surface area contributed by atoms with Crippen LogP contribution in [0.4, 0.5) is 0 Å². The molecule has 0 fully saturated rings. The highest BCUT2D eigenvalue weighted by atomic mass is 15.0. The normalized spacial score (nSPS) is 11.9. The fraction of sp³-hybridized carbons (Fsp3) is 0. The van der Waals surface area contributed by atoms with Gasteiger partial charge < -0.3 is 13.7 Å². The van der Waals surface area contributed by atoms with Crippen molar-refractivity contribution in [3.05, 3.63) is 206 Å². The molecule has 0 spiro atoms. The highest BCUT2D eigenvalue weighted by molar-refractivity contribution is 6.14. The first-order chi connectivity index (χ1) is 28.3. The lowest BCUT2D eigenvalue weighted by molar-refractivity contribution is 1.16. The average molecular weight is 727 g/mol. The predicted molar refractivity (Wildman–Crippen MR) is 238 cm³/mol. The standard InChI is InChI=1S/C53H34N4/c1-4-14-35(15-5-1)37-24-28-49-43(32-37)44-33-39(56-47-22-12-10-20-41(47)42-21-11-13-23-48(42)56)25-29-50(44)57(49)40-26-30-51-45(34-40)53-52(55(51)38-18-8-3-9-19-38)31-27-46(54-53)36-16-6-2-7-17-36/h1-34H. The molecule has 0 unspecified atom stereocenters. The summed E-state index contributed by atoms with van der Waals surface area (Å²) in [5.41, 5.74) is 15.7. The largest absolute Gasteiger partial charge is 0.309 e. The van der Waals surface area contributed by atoms with Crippen LogP contribution < -0.4 is 0 Å². The number of rotatable bonds is 5. The van der Waals surface area contributed by atoms with Crippen LogP contribution in [0.1, 0.15) is 0 Å². The van der Waals surface area contributed by atoms with E-state index in [1.807, 2.05) is 0 Å². The molecule has 0 aliphatic rings. The van der Waals surface area contributed by atoms with Crippen molar-refractivity contribution < 1.29 is 0 Å². The topological polar surface area (TPSA) is 27.7 Å². The summed E-state index contributed by atoms with van der Waals surface area (Å²) in [5.74, 6) is 0. The van der Waals surface area contributed by atoms with Crippen LogP contribution in [0.2, 0.25) is 0 Å². The first-order valence-corrected chi connectivity index (χ1v) is 19.5. The first-order valence-electron chi connectivity index (χ1n) is 19.5. The summed E-state index contributed by atoms with van der Waals surface area (Å²) in [5, 5.41) is 6.05. The molecule has 57 heavy (non-hydrogen) atoms. The zero-order chi connectivity index (χ0) is 37.5. The molecular weight excluding hydrogens is 693 g/mol. The number of fused-ring (bicyclic) bond motifs is 9. The van der Waals surface area contributed by atoms with Crippen LogP contribution in [0.5, 0.6) is 0 Å². The maximum absolute atomic E-state index is 5.37. The molecule has 12 rings (SSSR count). The number of aromatic nitrogens is 4. The van der Waals surface area contributed by atoms with Gasteiger partial charge in [-0.25, -0.2) is 4.98 Å². The van der Waals surface area contributed by atoms with E-state index in [9.17, 15) is 0 Å². The van der Waals surface area contributed by atoms with Gasteiger partial charge in [0.25, 0.3) is 0 Å². The highest BCUT2D eigenvalue weighted by Crippen LogP contribution is 2.40. The monoisotopic (exact) mass is 726 g/mol. The summed E-state index contributed by atoms with van der Waals surface area (Å²) in [6.45, 7) is 0. The zero-order valence-electron chi connectivity index (χ0n) is 30.9. The van der Waals surface area contributed by atoms with E-state index in [4.69, 9.17) is 4.98 Å². The average Bonchev–Trinajstić information content (AvgIpc) is 3.92. The molecule has 0 saturated heterocycles. The Morgan fingerprint density at radius 3 is 1.37 bits per heavy atom. The molecule has 8 aromatic carbocycles. The minimum absolute atomic E-state index is 0.962. The third-order valence-electron chi connectivity index (χ3n) is 11.6. The zero-order valence-corrected chi connectivity index (χ0v) is 30.9. The van der Waals surface area contributed by atoms with Crippen LogP contribution in [-0.4, -0.2) is 18.7 Å². The van der Waals surface area contributed by atoms with Gasteiger partial charge in [0.2, 0.25) is 0 Å². The van der Waals surface area contributed by atoms with E-state index < -0.39 is 0 Å². The SMILES string of the molecule is c1ccc(-c2ccc3c(c2)c2cc(-n4c5ccccc5c5ccccc54)ccc2n3-c2ccc3c(c2)c2nc(-c4ccccc4)ccc2n3-c2ccccc2)cc1. The quantitative estimate of drug-likeness (QED) is 0.174. The summed E-state index contributed by atoms with van der Waals surface area (Å²) >= 11 is 0. The van der Waals surface area contributed by atoms with Gasteiger partial charge in [-0.1, -0.05) is 121 Å². The molecule has 0 amide bonds. The van der Waals surface area contributed by atoms with E-state index in [1.54, 1.807) is 0 Å². The fourth-order valence-electron chi connectivity index (χ4n) is 9.07.